The third-order valence-electron chi connectivity index (χ3n) is 15.8. The van der Waals surface area contributed by atoms with Gasteiger partial charge < -0.3 is 33.6 Å². The summed E-state index contributed by atoms with van der Waals surface area (Å²) in [4.78, 5) is 59.9. The monoisotopic (exact) mass is 1080 g/mol. The lowest BCUT2D eigenvalue weighted by Gasteiger charge is -2.28. The van der Waals surface area contributed by atoms with E-state index in [9.17, 15) is 19.2 Å². The average molecular weight is 1080 g/mol. The van der Waals surface area contributed by atoms with Gasteiger partial charge in [-0.15, -0.1) is 0 Å². The summed E-state index contributed by atoms with van der Waals surface area (Å²) in [6.07, 6.45) is 38.6. The maximum Gasteiger partial charge on any atom is 0.307 e. The Hall–Kier alpha value is -2.24. The summed E-state index contributed by atoms with van der Waals surface area (Å²) in [5.41, 5.74) is 0. The van der Waals surface area contributed by atoms with Gasteiger partial charge in [0, 0.05) is 52.4 Å². The second kappa shape index (κ2) is 54.7. The van der Waals surface area contributed by atoms with Gasteiger partial charge in [0.05, 0.1) is 52.1 Å². The Kier molecular flexibility index (Phi) is 53.1. The van der Waals surface area contributed by atoms with Crippen LogP contribution in [0.25, 0.3) is 0 Å². The molecule has 0 rings (SSSR count). The van der Waals surface area contributed by atoms with Crippen LogP contribution in [0.4, 0.5) is 0 Å². The molecule has 0 fully saturated rings. The minimum Gasteiger partial charge on any atom is -0.465 e. The predicted molar refractivity (Wildman–Crippen MR) is 320 cm³/mol. The number of esters is 4. The molecule has 11 heteroatoms. The molecule has 4 atom stereocenters. The van der Waals surface area contributed by atoms with E-state index < -0.39 is 0 Å². The van der Waals surface area contributed by atoms with Gasteiger partial charge >= 0.3 is 23.9 Å². The molecule has 0 N–H and O–H groups in total. The zero-order valence-corrected chi connectivity index (χ0v) is 51.9. The molecule has 0 heterocycles. The van der Waals surface area contributed by atoms with E-state index >= 15 is 0 Å². The molecule has 4 unspecified atom stereocenters. The van der Waals surface area contributed by atoms with Gasteiger partial charge in [-0.05, 0) is 82.1 Å². The Morgan fingerprint density at radius 3 is 0.697 bits per heavy atom. The molecular formula is C65H127N3O8. The van der Waals surface area contributed by atoms with Gasteiger partial charge in [0.2, 0.25) is 0 Å². The van der Waals surface area contributed by atoms with Crippen LogP contribution in [0.1, 0.15) is 287 Å². The summed E-state index contributed by atoms with van der Waals surface area (Å²) in [6, 6.07) is 0. The second-order valence-corrected chi connectivity index (χ2v) is 23.1. The normalized spacial score (nSPS) is 13.3. The van der Waals surface area contributed by atoms with E-state index in [0.717, 1.165) is 116 Å². The molecule has 0 aliphatic rings. The van der Waals surface area contributed by atoms with Gasteiger partial charge in [-0.2, -0.15) is 0 Å². The van der Waals surface area contributed by atoms with E-state index in [-0.39, 0.29) is 49.6 Å². The Labute approximate surface area is 470 Å². The summed E-state index contributed by atoms with van der Waals surface area (Å²) in [6.45, 7) is 24.6. The molecule has 0 amide bonds. The summed E-state index contributed by atoms with van der Waals surface area (Å²) in [7, 11) is 2.10. The van der Waals surface area contributed by atoms with E-state index in [1.807, 2.05) is 0 Å². The SMILES string of the molecule is CCCCCCC(CCCC)COC(=O)CCN(CCC(=O)OCC(CCCC)CCCCCC)CCN(C)CCN(CCC(=O)OCC(CCCC)CCCCCC)CCC(=O)OCC(CCCC)CCCCCC. The fourth-order valence-electron chi connectivity index (χ4n) is 10.2. The van der Waals surface area contributed by atoms with Gasteiger partial charge in [-0.1, -0.05) is 209 Å². The van der Waals surface area contributed by atoms with Gasteiger partial charge in [0.15, 0.2) is 0 Å². The number of carbonyl (C=O) groups excluding carboxylic acids is 4. The van der Waals surface area contributed by atoms with Crippen molar-refractivity contribution in [3.8, 4) is 0 Å². The maximum absolute atomic E-state index is 13.3. The summed E-state index contributed by atoms with van der Waals surface area (Å²) < 4.78 is 23.8. The van der Waals surface area contributed by atoms with Crippen molar-refractivity contribution in [1.82, 2.24) is 14.7 Å². The molecule has 0 aliphatic carbocycles. The van der Waals surface area contributed by atoms with Crippen LogP contribution in [-0.2, 0) is 38.1 Å². The van der Waals surface area contributed by atoms with Crippen molar-refractivity contribution in [3.05, 3.63) is 0 Å². The fourth-order valence-corrected chi connectivity index (χ4v) is 10.2. The van der Waals surface area contributed by atoms with Crippen LogP contribution in [0.3, 0.4) is 0 Å². The first kappa shape index (κ1) is 73.8. The summed E-state index contributed by atoms with van der Waals surface area (Å²) in [5.74, 6) is 0.953. The smallest absolute Gasteiger partial charge is 0.307 e. The van der Waals surface area contributed by atoms with Crippen molar-refractivity contribution in [2.75, 3.05) is 85.8 Å². The molecule has 0 aromatic rings. The molecule has 11 nitrogen and oxygen atoms in total. The number of rotatable bonds is 58. The van der Waals surface area contributed by atoms with Crippen LogP contribution in [0, 0.1) is 23.7 Å². The number of likely N-dealkylation sites (N-methyl/N-ethyl adjacent to an activating group) is 1. The molecule has 0 aromatic heterocycles. The molecule has 0 bridgehead atoms. The van der Waals surface area contributed by atoms with E-state index in [2.05, 4.69) is 77.1 Å². The van der Waals surface area contributed by atoms with Crippen LogP contribution in [0.2, 0.25) is 0 Å². The molecule has 76 heavy (non-hydrogen) atoms. The molecule has 0 saturated heterocycles. The van der Waals surface area contributed by atoms with Crippen LogP contribution < -0.4 is 0 Å². The van der Waals surface area contributed by atoms with Gasteiger partial charge in [-0.3, -0.25) is 19.2 Å². The van der Waals surface area contributed by atoms with Crippen molar-refractivity contribution in [2.24, 2.45) is 23.7 Å². The molecule has 0 radical (unpaired) electrons. The topological polar surface area (TPSA) is 115 Å². The standard InChI is InChI=1S/C65H127N3O8/c1-10-18-26-30-38-58(34-22-14-5)54-73-62(69)42-46-67(47-43-63(70)74-55-59(35-23-15-6)39-31-27-19-11-2)52-50-66(9)51-53-68(48-44-64(71)75-56-60(36-24-16-7)40-32-28-20-12-3)49-45-65(72)76-57-61(37-25-17-8)41-33-29-21-13-4/h58-61H,10-57H2,1-9H3. The Morgan fingerprint density at radius 1 is 0.276 bits per heavy atom. The van der Waals surface area contributed by atoms with Crippen molar-refractivity contribution in [3.63, 3.8) is 0 Å². The van der Waals surface area contributed by atoms with Crippen LogP contribution in [0.5, 0.6) is 0 Å². The highest BCUT2D eigenvalue weighted by Crippen LogP contribution is 2.22. The van der Waals surface area contributed by atoms with Crippen molar-refractivity contribution >= 4 is 23.9 Å². The Morgan fingerprint density at radius 2 is 0.487 bits per heavy atom. The minimum absolute atomic E-state index is 0.169. The summed E-state index contributed by atoms with van der Waals surface area (Å²) >= 11 is 0. The lowest BCUT2D eigenvalue weighted by atomic mass is 9.96. The van der Waals surface area contributed by atoms with Crippen LogP contribution in [-0.4, -0.2) is 124 Å². The minimum atomic E-state index is -0.169. The largest absolute Gasteiger partial charge is 0.465 e. The number of carbonyl (C=O) groups is 4. The third kappa shape index (κ3) is 46.7. The Balaban J connectivity index is 5.94. The molecule has 0 saturated carbocycles. The van der Waals surface area contributed by atoms with Gasteiger partial charge in [0.1, 0.15) is 0 Å². The lowest BCUT2D eigenvalue weighted by molar-refractivity contribution is -0.147. The number of nitrogens with zero attached hydrogens (tertiary/aromatic N) is 3. The summed E-state index contributed by atoms with van der Waals surface area (Å²) in [5, 5.41) is 0. The first-order chi connectivity index (χ1) is 37.0. The Bertz CT molecular complexity index is 1140. The molecule has 0 aromatic carbocycles. The van der Waals surface area contributed by atoms with Crippen LogP contribution in [0.15, 0.2) is 0 Å². The van der Waals surface area contributed by atoms with Crippen molar-refractivity contribution in [2.45, 2.75) is 287 Å². The quantitative estimate of drug-likeness (QED) is 0.0329. The molecule has 450 valence electrons. The number of unbranched alkanes of at least 4 members (excludes halogenated alkanes) is 16. The van der Waals surface area contributed by atoms with Crippen molar-refractivity contribution in [1.29, 1.82) is 0 Å². The number of hydrogen-bond donors (Lipinski definition) is 0. The first-order valence-corrected chi connectivity index (χ1v) is 32.7. The molecular weight excluding hydrogens is 951 g/mol. The van der Waals surface area contributed by atoms with E-state index in [0.29, 0.717) is 89.4 Å². The fraction of sp³-hybridized carbons (Fsp3) is 0.938. The van der Waals surface area contributed by atoms with Crippen molar-refractivity contribution < 1.29 is 38.1 Å². The van der Waals surface area contributed by atoms with E-state index in [1.54, 1.807) is 0 Å². The highest BCUT2D eigenvalue weighted by molar-refractivity contribution is 5.71. The highest BCUT2D eigenvalue weighted by Gasteiger charge is 2.20. The number of ether oxygens (including phenoxy) is 4. The highest BCUT2D eigenvalue weighted by atomic mass is 16.5. The van der Waals surface area contributed by atoms with Crippen LogP contribution >= 0.6 is 0 Å². The third-order valence-corrected chi connectivity index (χ3v) is 15.8. The zero-order valence-electron chi connectivity index (χ0n) is 51.9. The first-order valence-electron chi connectivity index (χ1n) is 32.7. The van der Waals surface area contributed by atoms with E-state index in [1.165, 1.54) is 103 Å². The van der Waals surface area contributed by atoms with Gasteiger partial charge in [0.25, 0.3) is 0 Å². The molecule has 0 spiro atoms. The maximum atomic E-state index is 13.3. The number of hydrogen-bond acceptors (Lipinski definition) is 11. The predicted octanol–water partition coefficient (Wildman–Crippen LogP) is 16.4. The van der Waals surface area contributed by atoms with E-state index in [4.69, 9.17) is 18.9 Å². The molecule has 0 aliphatic heterocycles. The lowest BCUT2D eigenvalue weighted by Crippen LogP contribution is -2.40. The van der Waals surface area contributed by atoms with Gasteiger partial charge in [-0.25, -0.2) is 0 Å². The zero-order chi connectivity index (χ0) is 56.1. The average Bonchev–Trinajstić information content (AvgIpc) is 3.42. The second-order valence-electron chi connectivity index (χ2n) is 23.1.